The number of hydrogen-bond donors (Lipinski definition) is 3. The molecule has 0 saturated heterocycles. The highest BCUT2D eigenvalue weighted by molar-refractivity contribution is 5.91. The normalized spacial score (nSPS) is 14.8. The van der Waals surface area contributed by atoms with Gasteiger partial charge in [-0.3, -0.25) is 0 Å². The Labute approximate surface area is 113 Å². The predicted molar refractivity (Wildman–Crippen MR) is 71.6 cm³/mol. The van der Waals surface area contributed by atoms with Crippen molar-refractivity contribution in [2.45, 2.75) is 38.6 Å². The van der Waals surface area contributed by atoms with Crippen molar-refractivity contribution >= 4 is 5.97 Å². The Morgan fingerprint density at radius 2 is 1.89 bits per heavy atom. The molecule has 0 amide bonds. The lowest BCUT2D eigenvalue weighted by Crippen LogP contribution is -2.29. The maximum Gasteiger partial charge on any atom is 0.339 e. The molecule has 1 aromatic carbocycles. The Kier molecular flexibility index (Phi) is 5.05. The van der Waals surface area contributed by atoms with E-state index < -0.39 is 23.8 Å². The maximum atomic E-state index is 12.1. The predicted octanol–water partition coefficient (Wildman–Crippen LogP) is 0.995. The summed E-state index contributed by atoms with van der Waals surface area (Å²) in [5.41, 5.74) is 5.24. The third kappa shape index (κ3) is 4.31. The maximum absolute atomic E-state index is 12.1. The van der Waals surface area contributed by atoms with E-state index in [4.69, 9.17) is 10.5 Å². The summed E-state index contributed by atoms with van der Waals surface area (Å²) in [6, 6.07) is 6.47. The van der Waals surface area contributed by atoms with Gasteiger partial charge in [-0.05, 0) is 32.4 Å². The average Bonchev–Trinajstić information content (AvgIpc) is 2.35. The van der Waals surface area contributed by atoms with Gasteiger partial charge in [0.1, 0.15) is 11.7 Å². The summed E-state index contributed by atoms with van der Waals surface area (Å²) in [5.74, 6) is -0.536. The lowest BCUT2D eigenvalue weighted by molar-refractivity contribution is 0.00406. The highest BCUT2D eigenvalue weighted by atomic mass is 16.6. The standard InChI is InChI=1S/C14H21NO4/c1-14(2,3)19-13(18)10-7-5-4-6-9(10)12(17)11(16)8-15/h4-7,11-12,16-17H,8,15H2,1-3H3. The number of nitrogens with two attached hydrogens (primary N) is 1. The van der Waals surface area contributed by atoms with E-state index in [0.717, 1.165) is 0 Å². The Morgan fingerprint density at radius 1 is 1.32 bits per heavy atom. The zero-order valence-corrected chi connectivity index (χ0v) is 11.5. The average molecular weight is 267 g/mol. The molecule has 1 rings (SSSR count). The fourth-order valence-electron chi connectivity index (χ4n) is 1.61. The molecule has 0 aliphatic heterocycles. The number of aliphatic hydroxyl groups excluding tert-OH is 2. The van der Waals surface area contributed by atoms with E-state index in [-0.39, 0.29) is 12.1 Å². The molecule has 2 unspecified atom stereocenters. The summed E-state index contributed by atoms with van der Waals surface area (Å²) in [6.07, 6.45) is -2.34. The van der Waals surface area contributed by atoms with Crippen molar-refractivity contribution in [1.29, 1.82) is 0 Å². The first kappa shape index (κ1) is 15.6. The molecule has 1 aromatic rings. The van der Waals surface area contributed by atoms with Crippen LogP contribution in [-0.4, -0.2) is 34.4 Å². The lowest BCUT2D eigenvalue weighted by Gasteiger charge is -2.23. The van der Waals surface area contributed by atoms with Crippen molar-refractivity contribution < 1.29 is 19.7 Å². The highest BCUT2D eigenvalue weighted by Gasteiger charge is 2.25. The van der Waals surface area contributed by atoms with Gasteiger partial charge in [0, 0.05) is 6.54 Å². The van der Waals surface area contributed by atoms with Gasteiger partial charge in [0.05, 0.1) is 11.7 Å². The summed E-state index contributed by atoms with van der Waals surface area (Å²) >= 11 is 0. The van der Waals surface area contributed by atoms with Crippen LogP contribution in [0.15, 0.2) is 24.3 Å². The molecule has 106 valence electrons. The third-order valence-corrected chi connectivity index (χ3v) is 2.50. The van der Waals surface area contributed by atoms with Gasteiger partial charge < -0.3 is 20.7 Å². The SMILES string of the molecule is CC(C)(C)OC(=O)c1ccccc1C(O)C(O)CN. The Hall–Kier alpha value is -1.43. The molecule has 0 aliphatic rings. The van der Waals surface area contributed by atoms with E-state index in [0.29, 0.717) is 5.56 Å². The molecule has 0 spiro atoms. The lowest BCUT2D eigenvalue weighted by atomic mass is 9.98. The molecule has 0 heterocycles. The Balaban J connectivity index is 3.05. The van der Waals surface area contributed by atoms with E-state index in [1.54, 1.807) is 45.0 Å². The van der Waals surface area contributed by atoms with E-state index >= 15 is 0 Å². The van der Waals surface area contributed by atoms with Gasteiger partial charge in [-0.15, -0.1) is 0 Å². The summed E-state index contributed by atoms with van der Waals surface area (Å²) in [5, 5.41) is 19.6. The highest BCUT2D eigenvalue weighted by Crippen LogP contribution is 2.23. The van der Waals surface area contributed by atoms with Gasteiger partial charge in [0.15, 0.2) is 0 Å². The number of hydrogen-bond acceptors (Lipinski definition) is 5. The first-order chi connectivity index (χ1) is 8.76. The van der Waals surface area contributed by atoms with Crippen LogP contribution in [0.1, 0.15) is 42.8 Å². The van der Waals surface area contributed by atoms with Crippen LogP contribution in [0.4, 0.5) is 0 Å². The number of esters is 1. The molecule has 0 bridgehead atoms. The number of carbonyl (C=O) groups excluding carboxylic acids is 1. The molecule has 5 nitrogen and oxygen atoms in total. The number of rotatable bonds is 4. The van der Waals surface area contributed by atoms with Crippen molar-refractivity contribution in [3.8, 4) is 0 Å². The first-order valence-electron chi connectivity index (χ1n) is 6.14. The van der Waals surface area contributed by atoms with Crippen LogP contribution in [0, 0.1) is 0 Å². The van der Waals surface area contributed by atoms with Crippen LogP contribution < -0.4 is 5.73 Å². The van der Waals surface area contributed by atoms with Crippen LogP contribution in [0.5, 0.6) is 0 Å². The van der Waals surface area contributed by atoms with Crippen LogP contribution in [0.2, 0.25) is 0 Å². The number of ether oxygens (including phenoxy) is 1. The van der Waals surface area contributed by atoms with Crippen molar-refractivity contribution in [2.75, 3.05) is 6.54 Å². The minimum Gasteiger partial charge on any atom is -0.456 e. The molecule has 0 fully saturated rings. The second-order valence-corrected chi connectivity index (χ2v) is 5.34. The quantitative estimate of drug-likeness (QED) is 0.708. The van der Waals surface area contributed by atoms with Gasteiger partial charge in [0.25, 0.3) is 0 Å². The second-order valence-electron chi connectivity index (χ2n) is 5.34. The Morgan fingerprint density at radius 3 is 2.42 bits per heavy atom. The topological polar surface area (TPSA) is 92.8 Å². The van der Waals surface area contributed by atoms with Crippen molar-refractivity contribution in [1.82, 2.24) is 0 Å². The second kappa shape index (κ2) is 6.14. The zero-order valence-electron chi connectivity index (χ0n) is 11.5. The summed E-state index contributed by atoms with van der Waals surface area (Å²) in [6.45, 7) is 5.19. The smallest absolute Gasteiger partial charge is 0.339 e. The zero-order chi connectivity index (χ0) is 14.6. The van der Waals surface area contributed by atoms with Gasteiger partial charge in [-0.1, -0.05) is 18.2 Å². The third-order valence-electron chi connectivity index (χ3n) is 2.50. The molecule has 19 heavy (non-hydrogen) atoms. The molecule has 0 saturated carbocycles. The molecular weight excluding hydrogens is 246 g/mol. The van der Waals surface area contributed by atoms with Crippen molar-refractivity contribution in [3.63, 3.8) is 0 Å². The van der Waals surface area contributed by atoms with Crippen LogP contribution in [0.25, 0.3) is 0 Å². The molecule has 5 heteroatoms. The summed E-state index contributed by atoms with van der Waals surface area (Å²) < 4.78 is 5.27. The minimum absolute atomic E-state index is 0.0934. The molecule has 4 N–H and O–H groups in total. The van der Waals surface area contributed by atoms with Gasteiger partial charge in [0.2, 0.25) is 0 Å². The van der Waals surface area contributed by atoms with Crippen LogP contribution in [0.3, 0.4) is 0 Å². The van der Waals surface area contributed by atoms with E-state index in [1.165, 1.54) is 0 Å². The van der Waals surface area contributed by atoms with E-state index in [9.17, 15) is 15.0 Å². The first-order valence-corrected chi connectivity index (χ1v) is 6.14. The fraction of sp³-hybridized carbons (Fsp3) is 0.500. The number of carbonyl (C=O) groups is 1. The minimum atomic E-state index is -1.21. The monoisotopic (exact) mass is 267 g/mol. The molecule has 0 aliphatic carbocycles. The van der Waals surface area contributed by atoms with Crippen molar-refractivity contribution in [3.05, 3.63) is 35.4 Å². The molecule has 0 radical (unpaired) electrons. The molecule has 0 aromatic heterocycles. The molecule has 2 atom stereocenters. The van der Waals surface area contributed by atoms with Gasteiger partial charge in [-0.2, -0.15) is 0 Å². The number of aliphatic hydroxyl groups is 2. The van der Waals surface area contributed by atoms with E-state index in [1.807, 2.05) is 0 Å². The summed E-state index contributed by atoms with van der Waals surface area (Å²) in [4.78, 5) is 12.1. The summed E-state index contributed by atoms with van der Waals surface area (Å²) in [7, 11) is 0. The number of benzene rings is 1. The Bertz CT molecular complexity index is 439. The van der Waals surface area contributed by atoms with Crippen LogP contribution >= 0.6 is 0 Å². The van der Waals surface area contributed by atoms with Crippen LogP contribution in [-0.2, 0) is 4.74 Å². The van der Waals surface area contributed by atoms with E-state index in [2.05, 4.69) is 0 Å². The van der Waals surface area contributed by atoms with Crippen molar-refractivity contribution in [2.24, 2.45) is 5.73 Å². The fourth-order valence-corrected chi connectivity index (χ4v) is 1.61. The largest absolute Gasteiger partial charge is 0.456 e. The van der Waals surface area contributed by atoms with Gasteiger partial charge >= 0.3 is 5.97 Å². The molecular formula is C14H21NO4. The van der Waals surface area contributed by atoms with Gasteiger partial charge in [-0.25, -0.2) is 4.79 Å².